The Bertz CT molecular complexity index is 510. The van der Waals surface area contributed by atoms with E-state index >= 15 is 0 Å². The Morgan fingerprint density at radius 1 is 1.39 bits per heavy atom. The summed E-state index contributed by atoms with van der Waals surface area (Å²) >= 11 is 1.69. The van der Waals surface area contributed by atoms with Crippen molar-refractivity contribution in [2.75, 3.05) is 7.11 Å². The summed E-state index contributed by atoms with van der Waals surface area (Å²) in [5.41, 5.74) is 4.18. The quantitative estimate of drug-likeness (QED) is 0.897. The molecule has 1 heterocycles. The summed E-state index contributed by atoms with van der Waals surface area (Å²) in [4.78, 5) is 5.54. The summed E-state index contributed by atoms with van der Waals surface area (Å²) < 4.78 is 5.38. The smallest absolute Gasteiger partial charge is 0.123 e. The highest BCUT2D eigenvalue weighted by Crippen LogP contribution is 2.25. The van der Waals surface area contributed by atoms with Gasteiger partial charge in [-0.3, -0.25) is 0 Å². The van der Waals surface area contributed by atoms with Crippen molar-refractivity contribution in [3.63, 3.8) is 0 Å². The van der Waals surface area contributed by atoms with Gasteiger partial charge in [0, 0.05) is 23.0 Å². The maximum atomic E-state index is 5.38. The highest BCUT2D eigenvalue weighted by molar-refractivity contribution is 7.09. The number of methoxy groups -OCH3 is 1. The van der Waals surface area contributed by atoms with Crippen LogP contribution in [-0.4, -0.2) is 12.1 Å². The largest absolute Gasteiger partial charge is 0.496 e. The number of nitrogens with zero attached hydrogens (tertiary/aromatic N) is 1. The summed E-state index contributed by atoms with van der Waals surface area (Å²) in [5.74, 6) is 0.929. The molecule has 1 aromatic carbocycles. The lowest BCUT2D eigenvalue weighted by atomic mass is 10.1. The molecule has 0 saturated heterocycles. The highest BCUT2D eigenvalue weighted by atomic mass is 32.1. The van der Waals surface area contributed by atoms with Gasteiger partial charge in [-0.25, -0.2) is 4.98 Å². The number of thiazole rings is 1. The number of hydrogen-bond donors (Lipinski definition) is 1. The monoisotopic (exact) mass is 262 g/mol. The van der Waals surface area contributed by atoms with Gasteiger partial charge in [-0.05, 0) is 19.9 Å². The zero-order valence-electron chi connectivity index (χ0n) is 10.9. The minimum absolute atomic E-state index is 0.252. The zero-order valence-corrected chi connectivity index (χ0v) is 11.8. The maximum absolute atomic E-state index is 5.38. The second-order valence-electron chi connectivity index (χ2n) is 4.21. The highest BCUT2D eigenvalue weighted by Gasteiger charge is 2.11. The number of aryl methyl sites for hydroxylation is 1. The molecule has 0 saturated carbocycles. The van der Waals surface area contributed by atoms with Crippen LogP contribution >= 0.6 is 11.3 Å². The van der Waals surface area contributed by atoms with E-state index in [1.807, 2.05) is 30.6 Å². The predicted octanol–water partition coefficient (Wildman–Crippen LogP) is 3.31. The zero-order chi connectivity index (χ0) is 13.0. The fourth-order valence-electron chi connectivity index (χ4n) is 1.88. The molecule has 0 aliphatic carbocycles. The van der Waals surface area contributed by atoms with Crippen molar-refractivity contribution in [1.29, 1.82) is 0 Å². The standard InChI is InChI=1S/C14H18N2OS/c1-10(12-6-4-5-7-13(12)17-3)15-8-14-11(2)16-9-18-14/h4-7,9-10,15H,8H2,1-3H3/t10-/m1/s1. The van der Waals surface area contributed by atoms with Gasteiger partial charge in [0.1, 0.15) is 5.75 Å². The van der Waals surface area contributed by atoms with Crippen LogP contribution in [0, 0.1) is 6.92 Å². The lowest BCUT2D eigenvalue weighted by Gasteiger charge is -2.16. The Morgan fingerprint density at radius 3 is 2.83 bits per heavy atom. The van der Waals surface area contributed by atoms with Gasteiger partial charge in [0.25, 0.3) is 0 Å². The van der Waals surface area contributed by atoms with Crippen LogP contribution in [0.5, 0.6) is 5.75 Å². The summed E-state index contributed by atoms with van der Waals surface area (Å²) in [5, 5.41) is 3.51. The third-order valence-corrected chi connectivity index (χ3v) is 3.95. The number of ether oxygens (including phenoxy) is 1. The molecule has 0 amide bonds. The van der Waals surface area contributed by atoms with Crippen molar-refractivity contribution < 1.29 is 4.74 Å². The summed E-state index contributed by atoms with van der Waals surface area (Å²) in [6.07, 6.45) is 0. The Hall–Kier alpha value is -1.39. The first-order chi connectivity index (χ1) is 8.72. The second-order valence-corrected chi connectivity index (χ2v) is 5.14. The molecule has 1 atom stereocenters. The van der Waals surface area contributed by atoms with Crippen LogP contribution in [0.4, 0.5) is 0 Å². The van der Waals surface area contributed by atoms with Crippen molar-refractivity contribution in [3.8, 4) is 5.75 Å². The first-order valence-electron chi connectivity index (χ1n) is 5.97. The number of rotatable bonds is 5. The fourth-order valence-corrected chi connectivity index (χ4v) is 2.60. The van der Waals surface area contributed by atoms with Gasteiger partial charge in [-0.15, -0.1) is 11.3 Å². The summed E-state index contributed by atoms with van der Waals surface area (Å²) in [7, 11) is 1.71. The molecule has 0 radical (unpaired) electrons. The SMILES string of the molecule is COc1ccccc1[C@@H](C)NCc1scnc1C. The van der Waals surface area contributed by atoms with Crippen LogP contribution in [0.1, 0.15) is 29.1 Å². The molecule has 4 heteroatoms. The van der Waals surface area contributed by atoms with Crippen molar-refractivity contribution in [1.82, 2.24) is 10.3 Å². The number of para-hydroxylation sites is 1. The average molecular weight is 262 g/mol. The van der Waals surface area contributed by atoms with Crippen LogP contribution in [0.15, 0.2) is 29.8 Å². The summed E-state index contributed by atoms with van der Waals surface area (Å²) in [6, 6.07) is 8.36. The number of nitrogens with one attached hydrogen (secondary N) is 1. The average Bonchev–Trinajstić information content (AvgIpc) is 2.81. The molecule has 0 fully saturated rings. The van der Waals surface area contributed by atoms with Gasteiger partial charge in [0.15, 0.2) is 0 Å². The Kier molecular flexibility index (Phi) is 4.33. The van der Waals surface area contributed by atoms with Crippen LogP contribution in [0.25, 0.3) is 0 Å². The van der Waals surface area contributed by atoms with E-state index in [1.54, 1.807) is 18.4 Å². The Balaban J connectivity index is 2.03. The topological polar surface area (TPSA) is 34.1 Å². The van der Waals surface area contributed by atoms with Crippen molar-refractivity contribution >= 4 is 11.3 Å². The fraction of sp³-hybridized carbons (Fsp3) is 0.357. The number of benzene rings is 1. The van der Waals surface area contributed by atoms with E-state index in [4.69, 9.17) is 4.74 Å². The third kappa shape index (κ3) is 2.89. The van der Waals surface area contributed by atoms with E-state index in [0.717, 1.165) is 18.0 Å². The van der Waals surface area contributed by atoms with Crippen LogP contribution in [0.2, 0.25) is 0 Å². The van der Waals surface area contributed by atoms with Crippen LogP contribution in [0.3, 0.4) is 0 Å². The van der Waals surface area contributed by atoms with E-state index in [-0.39, 0.29) is 6.04 Å². The van der Waals surface area contributed by atoms with Crippen LogP contribution in [-0.2, 0) is 6.54 Å². The predicted molar refractivity (Wildman–Crippen MR) is 75.1 cm³/mol. The number of hydrogen-bond acceptors (Lipinski definition) is 4. The van der Waals surface area contributed by atoms with Gasteiger partial charge in [-0.1, -0.05) is 18.2 Å². The molecule has 2 aromatic rings. The molecule has 18 heavy (non-hydrogen) atoms. The van der Waals surface area contributed by atoms with E-state index < -0.39 is 0 Å². The van der Waals surface area contributed by atoms with Gasteiger partial charge in [0.05, 0.1) is 18.3 Å². The number of aromatic nitrogens is 1. The minimum Gasteiger partial charge on any atom is -0.496 e. The van der Waals surface area contributed by atoms with E-state index in [2.05, 4.69) is 23.3 Å². The lowest BCUT2D eigenvalue weighted by Crippen LogP contribution is -2.18. The molecule has 0 bridgehead atoms. The van der Waals surface area contributed by atoms with Crippen molar-refractivity contribution in [2.24, 2.45) is 0 Å². The lowest BCUT2D eigenvalue weighted by molar-refractivity contribution is 0.401. The Labute approximate surface area is 112 Å². The molecule has 1 aromatic heterocycles. The molecular formula is C14H18N2OS. The minimum atomic E-state index is 0.252. The Morgan fingerprint density at radius 2 is 2.17 bits per heavy atom. The first kappa shape index (κ1) is 13.1. The molecule has 0 unspecified atom stereocenters. The third-order valence-electron chi connectivity index (χ3n) is 3.02. The molecule has 1 N–H and O–H groups in total. The molecule has 0 spiro atoms. The van der Waals surface area contributed by atoms with Crippen molar-refractivity contribution in [2.45, 2.75) is 26.4 Å². The van der Waals surface area contributed by atoms with Gasteiger partial charge < -0.3 is 10.1 Å². The van der Waals surface area contributed by atoms with E-state index in [9.17, 15) is 0 Å². The van der Waals surface area contributed by atoms with Crippen LogP contribution < -0.4 is 10.1 Å². The molecular weight excluding hydrogens is 244 g/mol. The summed E-state index contributed by atoms with van der Waals surface area (Å²) in [6.45, 7) is 5.03. The van der Waals surface area contributed by atoms with E-state index in [0.29, 0.717) is 0 Å². The normalized spacial score (nSPS) is 12.4. The molecule has 96 valence electrons. The molecule has 2 rings (SSSR count). The van der Waals surface area contributed by atoms with Gasteiger partial charge in [0.2, 0.25) is 0 Å². The van der Waals surface area contributed by atoms with Gasteiger partial charge >= 0.3 is 0 Å². The van der Waals surface area contributed by atoms with Crippen molar-refractivity contribution in [3.05, 3.63) is 45.9 Å². The molecule has 0 aliphatic heterocycles. The second kappa shape index (κ2) is 5.98. The van der Waals surface area contributed by atoms with E-state index in [1.165, 1.54) is 10.4 Å². The molecule has 0 aliphatic rings. The maximum Gasteiger partial charge on any atom is 0.123 e. The first-order valence-corrected chi connectivity index (χ1v) is 6.85. The van der Waals surface area contributed by atoms with Gasteiger partial charge in [-0.2, -0.15) is 0 Å². The molecule has 3 nitrogen and oxygen atoms in total.